The number of hydrogen-bond donors (Lipinski definition) is 1. The average Bonchev–Trinajstić information content (AvgIpc) is 2.80. The quantitative estimate of drug-likeness (QED) is 0.708. The van der Waals surface area contributed by atoms with Crippen molar-refractivity contribution in [2.75, 3.05) is 38.3 Å². The number of ether oxygens (including phenoxy) is 1. The van der Waals surface area contributed by atoms with Gasteiger partial charge < -0.3 is 15.0 Å². The van der Waals surface area contributed by atoms with E-state index in [2.05, 4.69) is 37.9 Å². The lowest BCUT2D eigenvalue weighted by Gasteiger charge is -2.16. The van der Waals surface area contributed by atoms with Crippen LogP contribution >= 0.6 is 11.3 Å². The van der Waals surface area contributed by atoms with Gasteiger partial charge in [0.15, 0.2) is 5.13 Å². The molecule has 0 bridgehead atoms. The molecule has 0 aliphatic carbocycles. The van der Waals surface area contributed by atoms with E-state index in [-0.39, 0.29) is 0 Å². The second kappa shape index (κ2) is 8.51. The molecule has 0 radical (unpaired) electrons. The lowest BCUT2D eigenvalue weighted by molar-refractivity contribution is 0.199. The van der Waals surface area contributed by atoms with Gasteiger partial charge in [0.25, 0.3) is 0 Å². The van der Waals surface area contributed by atoms with E-state index in [0.717, 1.165) is 37.9 Å². The van der Waals surface area contributed by atoms with Crippen molar-refractivity contribution in [2.45, 2.75) is 40.2 Å². The van der Waals surface area contributed by atoms with E-state index < -0.39 is 0 Å². The van der Waals surface area contributed by atoms with Gasteiger partial charge in [-0.05, 0) is 19.8 Å². The summed E-state index contributed by atoms with van der Waals surface area (Å²) in [6.45, 7) is 13.3. The first-order valence-electron chi connectivity index (χ1n) is 7.08. The molecule has 0 aromatic carbocycles. The molecule has 0 spiro atoms. The van der Waals surface area contributed by atoms with Crippen molar-refractivity contribution < 1.29 is 4.74 Å². The van der Waals surface area contributed by atoms with Crippen molar-refractivity contribution in [3.63, 3.8) is 0 Å². The van der Waals surface area contributed by atoms with Crippen molar-refractivity contribution in [3.8, 4) is 0 Å². The highest BCUT2D eigenvalue weighted by atomic mass is 32.1. The first kappa shape index (κ1) is 16.4. The van der Waals surface area contributed by atoms with Crippen molar-refractivity contribution in [1.82, 2.24) is 10.3 Å². The molecule has 0 saturated carbocycles. The third kappa shape index (κ3) is 4.75. The van der Waals surface area contributed by atoms with Crippen LogP contribution < -0.4 is 10.2 Å². The molecule has 0 aliphatic heterocycles. The summed E-state index contributed by atoms with van der Waals surface area (Å²) in [5.41, 5.74) is 1.23. The van der Waals surface area contributed by atoms with Crippen LogP contribution in [-0.2, 0) is 11.3 Å². The Balaban J connectivity index is 2.77. The van der Waals surface area contributed by atoms with Gasteiger partial charge in [-0.2, -0.15) is 0 Å². The van der Waals surface area contributed by atoms with E-state index in [1.54, 1.807) is 7.11 Å². The molecule has 1 rings (SSSR count). The predicted octanol–water partition coefficient (Wildman–Crippen LogP) is 2.85. The fourth-order valence-corrected chi connectivity index (χ4v) is 3.25. The molecule has 1 N–H and O–H groups in total. The maximum Gasteiger partial charge on any atom is 0.185 e. The Morgan fingerprint density at radius 3 is 2.53 bits per heavy atom. The zero-order chi connectivity index (χ0) is 14.3. The van der Waals surface area contributed by atoms with Crippen LogP contribution in [0.5, 0.6) is 0 Å². The molecule has 0 aliphatic rings. The zero-order valence-electron chi connectivity index (χ0n) is 12.8. The van der Waals surface area contributed by atoms with E-state index in [1.165, 1.54) is 10.6 Å². The Morgan fingerprint density at radius 2 is 2.00 bits per heavy atom. The van der Waals surface area contributed by atoms with Gasteiger partial charge in [0.2, 0.25) is 0 Å². The summed E-state index contributed by atoms with van der Waals surface area (Å²) >= 11 is 1.81. The summed E-state index contributed by atoms with van der Waals surface area (Å²) in [6, 6.07) is 0. The highest BCUT2D eigenvalue weighted by Crippen LogP contribution is 2.30. The second-order valence-electron chi connectivity index (χ2n) is 4.80. The molecule has 5 heteroatoms. The lowest BCUT2D eigenvalue weighted by atomic mass is 10.1. The Morgan fingerprint density at radius 1 is 1.32 bits per heavy atom. The van der Waals surface area contributed by atoms with Gasteiger partial charge in [-0.15, -0.1) is 11.3 Å². The standard InChI is InChI=1S/C14H27N3OS/c1-6-17(7-2)14-16-13(11(3)4)12(19-14)10-15-8-9-18-5/h11,15H,6-10H2,1-5H3. The van der Waals surface area contributed by atoms with Gasteiger partial charge in [-0.25, -0.2) is 4.98 Å². The maximum atomic E-state index is 5.05. The number of aromatic nitrogens is 1. The number of rotatable bonds is 9. The Kier molecular flexibility index (Phi) is 7.34. The van der Waals surface area contributed by atoms with E-state index in [1.807, 2.05) is 11.3 Å². The zero-order valence-corrected chi connectivity index (χ0v) is 13.6. The van der Waals surface area contributed by atoms with Crippen LogP contribution in [0, 0.1) is 0 Å². The molecular weight excluding hydrogens is 258 g/mol. The van der Waals surface area contributed by atoms with Crippen LogP contribution in [0.15, 0.2) is 0 Å². The number of nitrogens with zero attached hydrogens (tertiary/aromatic N) is 2. The Bertz CT molecular complexity index is 362. The van der Waals surface area contributed by atoms with E-state index in [9.17, 15) is 0 Å². The van der Waals surface area contributed by atoms with Crippen LogP contribution in [0.3, 0.4) is 0 Å². The number of methoxy groups -OCH3 is 1. The van der Waals surface area contributed by atoms with E-state index in [0.29, 0.717) is 5.92 Å². The normalized spacial score (nSPS) is 11.3. The first-order valence-corrected chi connectivity index (χ1v) is 7.89. The summed E-state index contributed by atoms with van der Waals surface area (Å²) in [6.07, 6.45) is 0. The molecule has 0 fully saturated rings. The van der Waals surface area contributed by atoms with Crippen LogP contribution in [0.4, 0.5) is 5.13 Å². The summed E-state index contributed by atoms with van der Waals surface area (Å²) in [5, 5.41) is 4.56. The van der Waals surface area contributed by atoms with Crippen LogP contribution in [0.1, 0.15) is 44.2 Å². The minimum absolute atomic E-state index is 0.472. The fraction of sp³-hybridized carbons (Fsp3) is 0.786. The van der Waals surface area contributed by atoms with Gasteiger partial charge in [-0.3, -0.25) is 0 Å². The average molecular weight is 285 g/mol. The Hall–Kier alpha value is -0.650. The molecular formula is C14H27N3OS. The molecule has 110 valence electrons. The largest absolute Gasteiger partial charge is 0.383 e. The highest BCUT2D eigenvalue weighted by molar-refractivity contribution is 7.15. The molecule has 0 unspecified atom stereocenters. The molecule has 19 heavy (non-hydrogen) atoms. The van der Waals surface area contributed by atoms with Gasteiger partial charge in [0.1, 0.15) is 0 Å². The molecule has 0 amide bonds. The summed E-state index contributed by atoms with van der Waals surface area (Å²) < 4.78 is 5.05. The van der Waals surface area contributed by atoms with Gasteiger partial charge in [-0.1, -0.05) is 13.8 Å². The monoisotopic (exact) mass is 285 g/mol. The topological polar surface area (TPSA) is 37.4 Å². The third-order valence-corrected chi connectivity index (χ3v) is 4.20. The summed E-state index contributed by atoms with van der Waals surface area (Å²) in [7, 11) is 1.73. The predicted molar refractivity (Wildman–Crippen MR) is 83.3 cm³/mol. The number of hydrogen-bond acceptors (Lipinski definition) is 5. The van der Waals surface area contributed by atoms with E-state index in [4.69, 9.17) is 9.72 Å². The van der Waals surface area contributed by atoms with Gasteiger partial charge in [0.05, 0.1) is 12.3 Å². The summed E-state index contributed by atoms with van der Waals surface area (Å²) in [4.78, 5) is 8.49. The molecule has 1 aromatic rings. The lowest BCUT2D eigenvalue weighted by Crippen LogP contribution is -2.21. The third-order valence-electron chi connectivity index (χ3n) is 3.07. The molecule has 1 aromatic heterocycles. The van der Waals surface area contributed by atoms with Crippen LogP contribution in [0.2, 0.25) is 0 Å². The highest BCUT2D eigenvalue weighted by Gasteiger charge is 2.16. The molecule has 0 atom stereocenters. The smallest absolute Gasteiger partial charge is 0.185 e. The minimum Gasteiger partial charge on any atom is -0.383 e. The van der Waals surface area contributed by atoms with Crippen LogP contribution in [-0.4, -0.2) is 38.3 Å². The fourth-order valence-electron chi connectivity index (χ4n) is 1.93. The number of thiazole rings is 1. The molecule has 1 heterocycles. The SMILES string of the molecule is CCN(CC)c1nc(C(C)C)c(CNCCOC)s1. The first-order chi connectivity index (χ1) is 9.13. The number of anilines is 1. The van der Waals surface area contributed by atoms with Crippen molar-refractivity contribution >= 4 is 16.5 Å². The number of nitrogens with one attached hydrogen (secondary N) is 1. The minimum atomic E-state index is 0.472. The van der Waals surface area contributed by atoms with Crippen molar-refractivity contribution in [1.29, 1.82) is 0 Å². The van der Waals surface area contributed by atoms with Crippen molar-refractivity contribution in [3.05, 3.63) is 10.6 Å². The van der Waals surface area contributed by atoms with E-state index >= 15 is 0 Å². The van der Waals surface area contributed by atoms with Gasteiger partial charge in [0, 0.05) is 38.2 Å². The second-order valence-corrected chi connectivity index (χ2v) is 5.86. The van der Waals surface area contributed by atoms with Crippen LogP contribution in [0.25, 0.3) is 0 Å². The molecule has 0 saturated heterocycles. The van der Waals surface area contributed by atoms with Gasteiger partial charge >= 0.3 is 0 Å². The van der Waals surface area contributed by atoms with Crippen molar-refractivity contribution in [2.24, 2.45) is 0 Å². The summed E-state index contributed by atoms with van der Waals surface area (Å²) in [5.74, 6) is 0.472. The maximum absolute atomic E-state index is 5.05. The Labute approximate surface area is 121 Å². The molecule has 4 nitrogen and oxygen atoms in total.